The Kier molecular flexibility index (Phi) is 3.42. The van der Waals surface area contributed by atoms with Gasteiger partial charge in [-0.2, -0.15) is 5.26 Å². The molecule has 1 aliphatic rings. The lowest BCUT2D eigenvalue weighted by Crippen LogP contribution is -2.50. The van der Waals surface area contributed by atoms with Crippen LogP contribution in [0.2, 0.25) is 0 Å². The van der Waals surface area contributed by atoms with Crippen LogP contribution in [0.1, 0.15) is 6.92 Å². The lowest BCUT2D eigenvalue weighted by molar-refractivity contribution is 0.261. The van der Waals surface area contributed by atoms with Gasteiger partial charge in [-0.3, -0.25) is 9.11 Å². The summed E-state index contributed by atoms with van der Waals surface area (Å²) < 4.78 is 11.0. The van der Waals surface area contributed by atoms with Crippen LogP contribution >= 0.6 is 0 Å². The number of nitrogens with zero attached hydrogens (tertiary/aromatic N) is 2. The molecule has 2 N–H and O–H groups in total. The van der Waals surface area contributed by atoms with E-state index in [2.05, 4.69) is 11.0 Å². The summed E-state index contributed by atoms with van der Waals surface area (Å²) in [5.41, 5.74) is 4.92. The minimum absolute atomic E-state index is 0.570. The molecule has 1 heterocycles. The summed E-state index contributed by atoms with van der Waals surface area (Å²) in [6.07, 6.45) is 0. The topological polar surface area (TPSA) is 70.1 Å². The first-order chi connectivity index (χ1) is 6.03. The zero-order valence-electron chi connectivity index (χ0n) is 7.82. The maximum Gasteiger partial charge on any atom is 0.114 e. The highest BCUT2D eigenvalue weighted by Gasteiger charge is 2.24. The van der Waals surface area contributed by atoms with Crippen LogP contribution in [0, 0.1) is 11.3 Å². The van der Waals surface area contributed by atoms with Crippen molar-refractivity contribution in [2.24, 2.45) is 5.73 Å². The Morgan fingerprint density at radius 3 is 2.62 bits per heavy atom. The van der Waals surface area contributed by atoms with Gasteiger partial charge in [0.1, 0.15) is 5.54 Å². The van der Waals surface area contributed by atoms with E-state index in [1.807, 2.05) is 0 Å². The lowest BCUT2D eigenvalue weighted by Gasteiger charge is -2.30. The van der Waals surface area contributed by atoms with Gasteiger partial charge in [-0.15, -0.1) is 0 Å². The maximum atomic E-state index is 11.0. The Morgan fingerprint density at radius 2 is 2.15 bits per heavy atom. The summed E-state index contributed by atoms with van der Waals surface area (Å²) in [4.78, 5) is 2.10. The van der Waals surface area contributed by atoms with Crippen molar-refractivity contribution in [3.05, 3.63) is 0 Å². The van der Waals surface area contributed by atoms with Crippen molar-refractivity contribution in [1.82, 2.24) is 4.90 Å². The van der Waals surface area contributed by atoms with Crippen molar-refractivity contribution < 1.29 is 4.21 Å². The van der Waals surface area contributed by atoms with Crippen LogP contribution < -0.4 is 5.73 Å². The van der Waals surface area contributed by atoms with Crippen LogP contribution in [0.4, 0.5) is 0 Å². The summed E-state index contributed by atoms with van der Waals surface area (Å²) in [5.74, 6) is 1.42. The van der Waals surface area contributed by atoms with E-state index >= 15 is 0 Å². The molecule has 13 heavy (non-hydrogen) atoms. The molecule has 0 saturated carbocycles. The molecule has 0 aromatic carbocycles. The van der Waals surface area contributed by atoms with E-state index in [4.69, 9.17) is 11.0 Å². The molecule has 0 bridgehead atoms. The maximum absolute atomic E-state index is 11.0. The van der Waals surface area contributed by atoms with Gasteiger partial charge in [0.25, 0.3) is 0 Å². The SMILES string of the molecule is CC(N)(C#N)CN1CCS(=O)CC1. The number of nitrogens with two attached hydrogens (primary N) is 1. The summed E-state index contributed by atoms with van der Waals surface area (Å²) >= 11 is 0. The number of nitriles is 1. The average molecular weight is 201 g/mol. The van der Waals surface area contributed by atoms with E-state index in [0.29, 0.717) is 18.1 Å². The van der Waals surface area contributed by atoms with Crippen molar-refractivity contribution in [1.29, 1.82) is 5.26 Å². The minimum atomic E-state index is -0.779. The fourth-order valence-electron chi connectivity index (χ4n) is 1.33. The predicted octanol–water partition coefficient (Wildman–Crippen LogP) is -0.708. The Balaban J connectivity index is 2.39. The van der Waals surface area contributed by atoms with Crippen LogP contribution in [-0.2, 0) is 10.8 Å². The molecule has 4 nitrogen and oxygen atoms in total. The molecular weight excluding hydrogens is 186 g/mol. The van der Waals surface area contributed by atoms with Gasteiger partial charge in [-0.25, -0.2) is 0 Å². The van der Waals surface area contributed by atoms with Gasteiger partial charge in [0.2, 0.25) is 0 Å². The molecule has 1 aliphatic heterocycles. The summed E-state index contributed by atoms with van der Waals surface area (Å²) in [6, 6.07) is 2.06. The molecule has 0 aliphatic carbocycles. The van der Waals surface area contributed by atoms with Gasteiger partial charge in [-0.05, 0) is 6.92 Å². The van der Waals surface area contributed by atoms with Gasteiger partial charge >= 0.3 is 0 Å². The van der Waals surface area contributed by atoms with E-state index in [1.165, 1.54) is 0 Å². The Morgan fingerprint density at radius 1 is 1.62 bits per heavy atom. The normalized spacial score (nSPS) is 25.0. The molecule has 0 spiro atoms. The molecule has 1 rings (SSSR count). The van der Waals surface area contributed by atoms with Crippen molar-refractivity contribution in [2.45, 2.75) is 12.5 Å². The Bertz CT molecular complexity index is 236. The number of hydrogen-bond donors (Lipinski definition) is 1. The Labute approximate surface area is 81.2 Å². The average Bonchev–Trinajstić information content (AvgIpc) is 2.09. The largest absolute Gasteiger partial charge is 0.313 e. The molecule has 0 amide bonds. The van der Waals surface area contributed by atoms with E-state index in [0.717, 1.165) is 13.1 Å². The molecule has 1 atom stereocenters. The van der Waals surface area contributed by atoms with Crippen LogP contribution in [0.15, 0.2) is 0 Å². The highest BCUT2D eigenvalue weighted by molar-refractivity contribution is 7.85. The van der Waals surface area contributed by atoms with Gasteiger partial charge in [0.05, 0.1) is 6.07 Å². The predicted molar refractivity (Wildman–Crippen MR) is 52.5 cm³/mol. The minimum Gasteiger partial charge on any atom is -0.313 e. The summed E-state index contributed by atoms with van der Waals surface area (Å²) in [7, 11) is -0.657. The van der Waals surface area contributed by atoms with Crippen molar-refractivity contribution >= 4 is 10.8 Å². The molecule has 5 heteroatoms. The molecule has 1 saturated heterocycles. The third-order valence-corrected chi connectivity index (χ3v) is 3.35. The Hall–Kier alpha value is -0.440. The highest BCUT2D eigenvalue weighted by atomic mass is 32.2. The van der Waals surface area contributed by atoms with E-state index in [1.54, 1.807) is 6.92 Å². The van der Waals surface area contributed by atoms with Crippen LogP contribution in [0.3, 0.4) is 0 Å². The standard InChI is InChI=1S/C8H15N3OS/c1-8(10,6-9)7-11-2-4-13(12)5-3-11/h2-5,7,10H2,1H3. The van der Waals surface area contributed by atoms with Gasteiger partial charge in [0, 0.05) is 41.9 Å². The second kappa shape index (κ2) is 4.18. The van der Waals surface area contributed by atoms with Gasteiger partial charge in [-0.1, -0.05) is 0 Å². The van der Waals surface area contributed by atoms with E-state index in [9.17, 15) is 4.21 Å². The molecule has 0 aromatic rings. The van der Waals surface area contributed by atoms with Gasteiger partial charge in [0.15, 0.2) is 0 Å². The second-order valence-electron chi connectivity index (χ2n) is 3.65. The van der Waals surface area contributed by atoms with Crippen molar-refractivity contribution in [3.8, 4) is 6.07 Å². The zero-order chi connectivity index (χ0) is 9.90. The van der Waals surface area contributed by atoms with Gasteiger partial charge < -0.3 is 5.73 Å². The highest BCUT2D eigenvalue weighted by Crippen LogP contribution is 2.05. The lowest BCUT2D eigenvalue weighted by atomic mass is 10.1. The molecule has 0 radical (unpaired) electrons. The fourth-order valence-corrected chi connectivity index (χ4v) is 2.46. The summed E-state index contributed by atoms with van der Waals surface area (Å²) in [6.45, 7) is 3.88. The zero-order valence-corrected chi connectivity index (χ0v) is 8.64. The number of hydrogen-bond acceptors (Lipinski definition) is 4. The monoisotopic (exact) mass is 201 g/mol. The van der Waals surface area contributed by atoms with Crippen LogP contribution in [0.5, 0.6) is 0 Å². The number of rotatable bonds is 2. The summed E-state index contributed by atoms with van der Waals surface area (Å²) in [5, 5.41) is 8.72. The van der Waals surface area contributed by atoms with E-state index < -0.39 is 16.3 Å². The second-order valence-corrected chi connectivity index (χ2v) is 5.35. The van der Waals surface area contributed by atoms with Crippen LogP contribution in [-0.4, -0.2) is 45.8 Å². The smallest absolute Gasteiger partial charge is 0.114 e. The van der Waals surface area contributed by atoms with Crippen molar-refractivity contribution in [2.75, 3.05) is 31.1 Å². The molecule has 1 unspecified atom stereocenters. The first kappa shape index (κ1) is 10.6. The van der Waals surface area contributed by atoms with E-state index in [-0.39, 0.29) is 0 Å². The molecule has 0 aromatic heterocycles. The molecule has 1 fully saturated rings. The quantitative estimate of drug-likeness (QED) is 0.641. The third-order valence-electron chi connectivity index (χ3n) is 2.08. The van der Waals surface area contributed by atoms with Crippen molar-refractivity contribution in [3.63, 3.8) is 0 Å². The first-order valence-corrected chi connectivity index (χ1v) is 5.80. The fraction of sp³-hybridized carbons (Fsp3) is 0.875. The third kappa shape index (κ3) is 3.43. The first-order valence-electron chi connectivity index (χ1n) is 4.31. The molecular formula is C8H15N3OS. The molecule has 74 valence electrons. The van der Waals surface area contributed by atoms with Crippen LogP contribution in [0.25, 0.3) is 0 Å².